The third kappa shape index (κ3) is 5.17. The van der Waals surface area contributed by atoms with Crippen LogP contribution in [0.1, 0.15) is 29.5 Å². The summed E-state index contributed by atoms with van der Waals surface area (Å²) in [6.45, 7) is -0.298. The van der Waals surface area contributed by atoms with Crippen LogP contribution in [0.15, 0.2) is 70.1 Å². The Balaban J connectivity index is 1.50. The van der Waals surface area contributed by atoms with E-state index in [0.717, 1.165) is 5.56 Å². The zero-order chi connectivity index (χ0) is 26.0. The van der Waals surface area contributed by atoms with Crippen molar-refractivity contribution < 1.29 is 26.7 Å². The average molecular weight is 527 g/mol. The van der Waals surface area contributed by atoms with Crippen molar-refractivity contribution in [1.82, 2.24) is 20.2 Å². The first kappa shape index (κ1) is 24.5. The van der Waals surface area contributed by atoms with E-state index in [1.165, 1.54) is 12.3 Å². The number of benzene rings is 2. The van der Waals surface area contributed by atoms with Gasteiger partial charge in [0.2, 0.25) is 5.95 Å². The number of anilines is 3. The fraction of sp³-hybridized carbons (Fsp3) is 0.167. The molecule has 0 saturated heterocycles. The minimum Gasteiger partial charge on any atom is -0.415 e. The number of aliphatic hydroxyl groups is 1. The van der Waals surface area contributed by atoms with Gasteiger partial charge in [-0.1, -0.05) is 42.5 Å². The van der Waals surface area contributed by atoms with Crippen LogP contribution in [0, 0.1) is 0 Å². The third-order valence-corrected chi connectivity index (χ3v) is 7.23. The van der Waals surface area contributed by atoms with E-state index in [-0.39, 0.29) is 40.5 Å². The second-order valence-electron chi connectivity index (χ2n) is 8.05. The fourth-order valence-corrected chi connectivity index (χ4v) is 5.08. The molecule has 0 saturated carbocycles. The summed E-state index contributed by atoms with van der Waals surface area (Å²) in [5.74, 6) is -0.860. The topological polar surface area (TPSA) is 143 Å². The maximum Gasteiger partial charge on any atom is 0.314 e. The molecule has 0 amide bonds. The number of aliphatic hydroxyl groups excluding tert-OH is 1. The van der Waals surface area contributed by atoms with Crippen molar-refractivity contribution >= 4 is 33.4 Å². The molecule has 3 heterocycles. The van der Waals surface area contributed by atoms with Crippen LogP contribution in [0.2, 0.25) is 0 Å². The van der Waals surface area contributed by atoms with Crippen LogP contribution in [-0.2, 0) is 9.84 Å². The van der Waals surface area contributed by atoms with E-state index in [1.807, 2.05) is 30.3 Å². The number of nitrogens with zero attached hydrogens (tertiary/aromatic N) is 4. The number of halogens is 2. The Morgan fingerprint density at radius 2 is 1.92 bits per heavy atom. The second-order valence-corrected chi connectivity index (χ2v) is 10.1. The first-order chi connectivity index (χ1) is 17.8. The summed E-state index contributed by atoms with van der Waals surface area (Å²) < 4.78 is 55.7. The highest BCUT2D eigenvalue weighted by atomic mass is 32.2. The van der Waals surface area contributed by atoms with Gasteiger partial charge in [-0.2, -0.15) is 13.8 Å². The maximum atomic E-state index is 13.0. The monoisotopic (exact) mass is 526 g/mol. The van der Waals surface area contributed by atoms with Gasteiger partial charge in [-0.3, -0.25) is 0 Å². The molecule has 4 aromatic rings. The smallest absolute Gasteiger partial charge is 0.314 e. The molecule has 2 aromatic carbocycles. The third-order valence-electron chi connectivity index (χ3n) is 5.56. The molecule has 10 nitrogen and oxygen atoms in total. The molecule has 1 aliphatic heterocycles. The van der Waals surface area contributed by atoms with Crippen molar-refractivity contribution in [3.05, 3.63) is 77.8 Å². The van der Waals surface area contributed by atoms with Crippen LogP contribution in [0.3, 0.4) is 0 Å². The summed E-state index contributed by atoms with van der Waals surface area (Å²) in [5, 5.41) is 23.2. The average Bonchev–Trinajstić information content (AvgIpc) is 3.38. The molecule has 190 valence electrons. The van der Waals surface area contributed by atoms with Crippen LogP contribution in [0.25, 0.3) is 17.5 Å². The number of hydrogen-bond acceptors (Lipinski definition) is 10. The molecule has 1 aliphatic rings. The Morgan fingerprint density at radius 3 is 2.65 bits per heavy atom. The highest BCUT2D eigenvalue weighted by Crippen LogP contribution is 2.32. The van der Waals surface area contributed by atoms with Crippen molar-refractivity contribution in [2.75, 3.05) is 23.0 Å². The van der Waals surface area contributed by atoms with E-state index in [4.69, 9.17) is 4.42 Å². The molecular weight excluding hydrogens is 506 g/mol. The number of sulfone groups is 1. The summed E-state index contributed by atoms with van der Waals surface area (Å²) in [6, 6.07) is 13.2. The van der Waals surface area contributed by atoms with E-state index in [1.54, 1.807) is 24.3 Å². The molecule has 0 bridgehead atoms. The first-order valence-corrected chi connectivity index (χ1v) is 12.7. The molecule has 0 spiro atoms. The summed E-state index contributed by atoms with van der Waals surface area (Å²) in [4.78, 5) is 8.93. The number of aromatic nitrogens is 4. The van der Waals surface area contributed by atoms with Crippen LogP contribution >= 0.6 is 0 Å². The molecule has 0 unspecified atom stereocenters. The number of hydrogen-bond donors (Lipinski definition) is 3. The first-order valence-electron chi connectivity index (χ1n) is 11.1. The van der Waals surface area contributed by atoms with Gasteiger partial charge in [0.15, 0.2) is 9.84 Å². The van der Waals surface area contributed by atoms with Crippen LogP contribution in [0.4, 0.5) is 26.2 Å². The number of alkyl halides is 2. The van der Waals surface area contributed by atoms with Crippen LogP contribution < -0.4 is 10.6 Å². The molecule has 0 radical (unpaired) electrons. The Bertz CT molecular complexity index is 1560. The number of nitrogens with one attached hydrogen (secondary N) is 2. The molecule has 5 rings (SSSR count). The summed E-state index contributed by atoms with van der Waals surface area (Å²) in [5.41, 5.74) is 1.96. The molecule has 13 heteroatoms. The second kappa shape index (κ2) is 10.0. The van der Waals surface area contributed by atoms with Gasteiger partial charge in [0.05, 0.1) is 28.9 Å². The normalized spacial score (nSPS) is 14.8. The molecule has 3 N–H and O–H groups in total. The van der Waals surface area contributed by atoms with Crippen molar-refractivity contribution in [3.8, 4) is 11.5 Å². The lowest BCUT2D eigenvalue weighted by Crippen LogP contribution is -2.17. The van der Waals surface area contributed by atoms with E-state index in [2.05, 4.69) is 30.8 Å². The minimum atomic E-state index is -3.38. The Labute approximate surface area is 210 Å². The molecule has 0 aliphatic carbocycles. The van der Waals surface area contributed by atoms with Gasteiger partial charge in [-0.05, 0) is 29.3 Å². The van der Waals surface area contributed by atoms with E-state index in [0.29, 0.717) is 11.3 Å². The predicted octanol–water partition coefficient (Wildman–Crippen LogP) is 4.15. The molecule has 37 heavy (non-hydrogen) atoms. The fourth-order valence-electron chi connectivity index (χ4n) is 3.79. The minimum absolute atomic E-state index is 0.0528. The Kier molecular flexibility index (Phi) is 6.63. The Morgan fingerprint density at radius 1 is 1.11 bits per heavy atom. The van der Waals surface area contributed by atoms with Crippen LogP contribution in [0.5, 0.6) is 0 Å². The Hall–Kier alpha value is -4.23. The van der Waals surface area contributed by atoms with Crippen molar-refractivity contribution in [1.29, 1.82) is 0 Å². The summed E-state index contributed by atoms with van der Waals surface area (Å²) in [7, 11) is -3.38. The number of rotatable bonds is 8. The van der Waals surface area contributed by atoms with Gasteiger partial charge in [-0.25, -0.2) is 13.4 Å². The standard InChI is InChI=1S/C24H20F2N6O4S/c25-20(26)23-32-31-22(36-23)17-12-27-24(30-21(17)29-18(13-33)14-5-2-1-3-6-14)28-16-8-9-19-15(11-16)7-4-10-37(19,34)35/h1-9,11-12,18,20,33H,10,13H2,(H2,27,28,29,30)/t18-/m1/s1. The maximum absolute atomic E-state index is 13.0. The SMILES string of the molecule is O=S1(=O)CC=Cc2cc(Nc3ncc(-c4nnc(C(F)F)o4)c(N[C@H](CO)c4ccccc4)n3)ccc21. The summed E-state index contributed by atoms with van der Waals surface area (Å²) >= 11 is 0. The van der Waals surface area contributed by atoms with Gasteiger partial charge >= 0.3 is 6.43 Å². The highest BCUT2D eigenvalue weighted by Gasteiger charge is 2.23. The van der Waals surface area contributed by atoms with Gasteiger partial charge in [0, 0.05) is 11.9 Å². The molecular formula is C24H20F2N6O4S. The van der Waals surface area contributed by atoms with Gasteiger partial charge in [0.1, 0.15) is 5.82 Å². The molecule has 0 fully saturated rings. The predicted molar refractivity (Wildman–Crippen MR) is 131 cm³/mol. The largest absolute Gasteiger partial charge is 0.415 e. The van der Waals surface area contributed by atoms with Crippen LogP contribution in [-0.4, -0.2) is 46.0 Å². The quantitative estimate of drug-likeness (QED) is 0.306. The van der Waals surface area contributed by atoms with E-state index in [9.17, 15) is 22.3 Å². The lowest BCUT2D eigenvalue weighted by Gasteiger charge is -2.19. The van der Waals surface area contributed by atoms with Crippen molar-refractivity contribution in [2.45, 2.75) is 17.4 Å². The van der Waals surface area contributed by atoms with E-state index >= 15 is 0 Å². The lowest BCUT2D eigenvalue weighted by atomic mass is 10.1. The van der Waals surface area contributed by atoms with Gasteiger partial charge in [0.25, 0.3) is 11.8 Å². The van der Waals surface area contributed by atoms with Gasteiger partial charge < -0.3 is 20.2 Å². The molecule has 2 aromatic heterocycles. The zero-order valence-corrected chi connectivity index (χ0v) is 19.9. The summed E-state index contributed by atoms with van der Waals surface area (Å²) in [6.07, 6.45) is 1.67. The lowest BCUT2D eigenvalue weighted by molar-refractivity contribution is 0.116. The van der Waals surface area contributed by atoms with E-state index < -0.39 is 28.2 Å². The van der Waals surface area contributed by atoms with Gasteiger partial charge in [-0.15, -0.1) is 10.2 Å². The highest BCUT2D eigenvalue weighted by molar-refractivity contribution is 7.91. The van der Waals surface area contributed by atoms with Crippen molar-refractivity contribution in [3.63, 3.8) is 0 Å². The molecule has 1 atom stereocenters. The number of fused-ring (bicyclic) bond motifs is 1. The van der Waals surface area contributed by atoms with Crippen molar-refractivity contribution in [2.24, 2.45) is 0 Å². The zero-order valence-electron chi connectivity index (χ0n) is 19.0.